The second-order valence-electron chi connectivity index (χ2n) is 4.94. The Hall–Kier alpha value is -1.36. The molecular formula is C14H24N4O. The van der Waals surface area contributed by atoms with Crippen molar-refractivity contribution in [3.05, 3.63) is 11.9 Å². The molecule has 5 heteroatoms. The number of aromatic nitrogens is 2. The summed E-state index contributed by atoms with van der Waals surface area (Å²) in [7, 11) is 0. The molecule has 106 valence electrons. The molecule has 1 aromatic rings. The lowest BCUT2D eigenvalue weighted by molar-refractivity contribution is 0.0529. The quantitative estimate of drug-likeness (QED) is 0.882. The first-order valence-electron chi connectivity index (χ1n) is 7.21. The summed E-state index contributed by atoms with van der Waals surface area (Å²) >= 11 is 0. The minimum Gasteiger partial charge on any atom is -0.375 e. The minimum absolute atomic E-state index is 0.265. The first-order chi connectivity index (χ1) is 9.22. The van der Waals surface area contributed by atoms with Gasteiger partial charge in [0.2, 0.25) is 0 Å². The molecule has 2 heterocycles. The highest BCUT2D eigenvalue weighted by Crippen LogP contribution is 2.19. The standard InChI is InChI=1S/C14H24N4O/c1-4-6-15-13-9-14(17-12(5-2)16-13)18-7-8-19-11(3)10-18/h9,11H,4-8,10H2,1-3H3,(H,15,16,17). The number of anilines is 2. The van der Waals surface area contributed by atoms with Gasteiger partial charge in [-0.15, -0.1) is 0 Å². The molecule has 1 atom stereocenters. The minimum atomic E-state index is 0.265. The van der Waals surface area contributed by atoms with Crippen LogP contribution in [-0.4, -0.2) is 42.3 Å². The van der Waals surface area contributed by atoms with Gasteiger partial charge in [0.25, 0.3) is 0 Å². The first kappa shape index (κ1) is 14.1. The number of nitrogens with one attached hydrogen (secondary N) is 1. The van der Waals surface area contributed by atoms with Gasteiger partial charge in [0.15, 0.2) is 0 Å². The normalized spacial score (nSPS) is 19.5. The highest BCUT2D eigenvalue weighted by Gasteiger charge is 2.19. The smallest absolute Gasteiger partial charge is 0.134 e. The van der Waals surface area contributed by atoms with Crippen LogP contribution in [0.25, 0.3) is 0 Å². The van der Waals surface area contributed by atoms with Crippen molar-refractivity contribution in [3.8, 4) is 0 Å². The van der Waals surface area contributed by atoms with Gasteiger partial charge >= 0.3 is 0 Å². The molecule has 0 bridgehead atoms. The van der Waals surface area contributed by atoms with Crippen molar-refractivity contribution < 1.29 is 4.74 Å². The predicted molar refractivity (Wildman–Crippen MR) is 77.8 cm³/mol. The Morgan fingerprint density at radius 2 is 2.26 bits per heavy atom. The summed E-state index contributed by atoms with van der Waals surface area (Å²) in [5.74, 6) is 2.85. The van der Waals surface area contributed by atoms with Gasteiger partial charge in [-0.3, -0.25) is 0 Å². The fourth-order valence-electron chi connectivity index (χ4n) is 2.17. The Labute approximate surface area is 115 Å². The molecule has 0 aliphatic carbocycles. The van der Waals surface area contributed by atoms with E-state index in [1.54, 1.807) is 0 Å². The number of rotatable bonds is 5. The Bertz CT molecular complexity index is 410. The van der Waals surface area contributed by atoms with E-state index in [4.69, 9.17) is 4.74 Å². The molecule has 1 aromatic heterocycles. The number of hydrogen-bond acceptors (Lipinski definition) is 5. The highest BCUT2D eigenvalue weighted by atomic mass is 16.5. The number of nitrogens with zero attached hydrogens (tertiary/aromatic N) is 3. The van der Waals surface area contributed by atoms with Crippen LogP contribution in [0.3, 0.4) is 0 Å². The first-order valence-corrected chi connectivity index (χ1v) is 7.21. The van der Waals surface area contributed by atoms with Crippen LogP contribution in [0, 0.1) is 0 Å². The van der Waals surface area contributed by atoms with Crippen molar-refractivity contribution in [1.82, 2.24) is 9.97 Å². The SMILES string of the molecule is CCCNc1cc(N2CCOC(C)C2)nc(CC)n1. The summed E-state index contributed by atoms with van der Waals surface area (Å²) in [4.78, 5) is 11.4. The molecule has 1 unspecified atom stereocenters. The Balaban J connectivity index is 2.17. The number of morpholine rings is 1. The fraction of sp³-hybridized carbons (Fsp3) is 0.714. The molecule has 19 heavy (non-hydrogen) atoms. The largest absolute Gasteiger partial charge is 0.375 e. The molecule has 1 aliphatic heterocycles. The third-order valence-electron chi connectivity index (χ3n) is 3.20. The van der Waals surface area contributed by atoms with Crippen LogP contribution < -0.4 is 10.2 Å². The van der Waals surface area contributed by atoms with E-state index in [0.29, 0.717) is 0 Å². The summed E-state index contributed by atoms with van der Waals surface area (Å²) in [5, 5.41) is 3.35. The van der Waals surface area contributed by atoms with Crippen LogP contribution in [0.15, 0.2) is 6.07 Å². The van der Waals surface area contributed by atoms with E-state index < -0.39 is 0 Å². The molecule has 1 saturated heterocycles. The van der Waals surface area contributed by atoms with Crippen LogP contribution in [0.5, 0.6) is 0 Å². The molecule has 1 fully saturated rings. The van der Waals surface area contributed by atoms with E-state index in [1.807, 2.05) is 6.07 Å². The van der Waals surface area contributed by atoms with E-state index >= 15 is 0 Å². The van der Waals surface area contributed by atoms with E-state index in [0.717, 1.165) is 56.5 Å². The molecule has 0 amide bonds. The van der Waals surface area contributed by atoms with Gasteiger partial charge in [-0.2, -0.15) is 0 Å². The van der Waals surface area contributed by atoms with Crippen LogP contribution in [0.1, 0.15) is 33.0 Å². The van der Waals surface area contributed by atoms with Gasteiger partial charge in [0, 0.05) is 32.1 Å². The topological polar surface area (TPSA) is 50.3 Å². The molecule has 5 nitrogen and oxygen atoms in total. The average Bonchev–Trinajstić information content (AvgIpc) is 2.44. The lowest BCUT2D eigenvalue weighted by Crippen LogP contribution is -2.41. The monoisotopic (exact) mass is 264 g/mol. The third-order valence-corrected chi connectivity index (χ3v) is 3.20. The van der Waals surface area contributed by atoms with Crippen LogP contribution in [0.2, 0.25) is 0 Å². The summed E-state index contributed by atoms with van der Waals surface area (Å²) in [5.41, 5.74) is 0. The molecule has 1 aliphatic rings. The maximum absolute atomic E-state index is 5.58. The lowest BCUT2D eigenvalue weighted by atomic mass is 10.3. The van der Waals surface area contributed by atoms with E-state index in [2.05, 4.69) is 41.0 Å². The van der Waals surface area contributed by atoms with Crippen LogP contribution in [-0.2, 0) is 11.2 Å². The van der Waals surface area contributed by atoms with Crippen molar-refractivity contribution in [2.24, 2.45) is 0 Å². The van der Waals surface area contributed by atoms with E-state index in [1.165, 1.54) is 0 Å². The van der Waals surface area contributed by atoms with Gasteiger partial charge in [0.1, 0.15) is 17.5 Å². The molecule has 2 rings (SSSR count). The van der Waals surface area contributed by atoms with Gasteiger partial charge in [-0.1, -0.05) is 13.8 Å². The lowest BCUT2D eigenvalue weighted by Gasteiger charge is -2.32. The van der Waals surface area contributed by atoms with Gasteiger partial charge in [0.05, 0.1) is 12.7 Å². The van der Waals surface area contributed by atoms with E-state index in [9.17, 15) is 0 Å². The third kappa shape index (κ3) is 3.80. The van der Waals surface area contributed by atoms with Crippen LogP contribution >= 0.6 is 0 Å². The number of ether oxygens (including phenoxy) is 1. The fourth-order valence-corrected chi connectivity index (χ4v) is 2.17. The molecule has 0 spiro atoms. The molecule has 0 saturated carbocycles. The highest BCUT2D eigenvalue weighted by molar-refractivity contribution is 5.49. The maximum Gasteiger partial charge on any atom is 0.134 e. The summed E-state index contributed by atoms with van der Waals surface area (Å²) in [6.07, 6.45) is 2.21. The zero-order valence-electron chi connectivity index (χ0n) is 12.1. The molecule has 0 aromatic carbocycles. The summed E-state index contributed by atoms with van der Waals surface area (Å²) in [6, 6.07) is 2.05. The number of hydrogen-bond donors (Lipinski definition) is 1. The van der Waals surface area contributed by atoms with Crippen molar-refractivity contribution >= 4 is 11.6 Å². The summed E-state index contributed by atoms with van der Waals surface area (Å²) in [6.45, 7) is 9.85. The molecule has 0 radical (unpaired) electrons. The van der Waals surface area contributed by atoms with Crippen molar-refractivity contribution in [3.63, 3.8) is 0 Å². The van der Waals surface area contributed by atoms with Crippen molar-refractivity contribution in [2.45, 2.75) is 39.7 Å². The maximum atomic E-state index is 5.58. The summed E-state index contributed by atoms with van der Waals surface area (Å²) < 4.78 is 5.58. The Kier molecular flexibility index (Phi) is 4.96. The zero-order valence-corrected chi connectivity index (χ0v) is 12.1. The van der Waals surface area contributed by atoms with Crippen molar-refractivity contribution in [1.29, 1.82) is 0 Å². The van der Waals surface area contributed by atoms with E-state index in [-0.39, 0.29) is 6.10 Å². The average molecular weight is 264 g/mol. The predicted octanol–water partition coefficient (Wildman–Crippen LogP) is 2.09. The second kappa shape index (κ2) is 6.70. The van der Waals surface area contributed by atoms with Gasteiger partial charge < -0.3 is 15.0 Å². The Morgan fingerprint density at radius 3 is 2.95 bits per heavy atom. The molecule has 1 N–H and O–H groups in total. The van der Waals surface area contributed by atoms with Gasteiger partial charge in [-0.05, 0) is 13.3 Å². The second-order valence-corrected chi connectivity index (χ2v) is 4.94. The Morgan fingerprint density at radius 1 is 1.42 bits per heavy atom. The van der Waals surface area contributed by atoms with Crippen LogP contribution in [0.4, 0.5) is 11.6 Å². The zero-order chi connectivity index (χ0) is 13.7. The number of aryl methyl sites for hydroxylation is 1. The van der Waals surface area contributed by atoms with Gasteiger partial charge in [-0.25, -0.2) is 9.97 Å². The van der Waals surface area contributed by atoms with Crippen molar-refractivity contribution in [2.75, 3.05) is 36.5 Å². The molecular weight excluding hydrogens is 240 g/mol.